The van der Waals surface area contributed by atoms with Gasteiger partial charge in [-0.25, -0.2) is 4.98 Å². The standard InChI is InChI=1S/C20H16N4O3/c1-12-3-5-18-16(9-12)24(2)20(26)14-10-13(4-6-17(14)27-18)23-19(25)15-11-21-7-8-22-15/h3-11H,1-2H3,(H,23,25). The molecule has 0 saturated heterocycles. The lowest BCUT2D eigenvalue weighted by Gasteiger charge is -2.16. The number of carbonyl (C=O) groups excluding carboxylic acids is 2. The zero-order valence-corrected chi connectivity index (χ0v) is 14.8. The molecule has 4 rings (SSSR count). The van der Waals surface area contributed by atoms with Crippen LogP contribution in [0.25, 0.3) is 0 Å². The van der Waals surface area contributed by atoms with E-state index in [0.29, 0.717) is 28.4 Å². The van der Waals surface area contributed by atoms with Gasteiger partial charge in [0.05, 0.1) is 17.4 Å². The van der Waals surface area contributed by atoms with Crippen LogP contribution in [0.5, 0.6) is 11.5 Å². The van der Waals surface area contributed by atoms with Gasteiger partial charge in [-0.3, -0.25) is 14.6 Å². The second kappa shape index (κ2) is 6.53. The van der Waals surface area contributed by atoms with Crippen molar-refractivity contribution in [3.63, 3.8) is 0 Å². The monoisotopic (exact) mass is 360 g/mol. The van der Waals surface area contributed by atoms with E-state index in [1.807, 2.05) is 25.1 Å². The number of amides is 2. The maximum absolute atomic E-state index is 12.9. The number of fused-ring (bicyclic) bond motifs is 2. The van der Waals surface area contributed by atoms with Crippen molar-refractivity contribution in [1.82, 2.24) is 9.97 Å². The zero-order chi connectivity index (χ0) is 19.0. The van der Waals surface area contributed by atoms with Crippen molar-refractivity contribution in [3.05, 3.63) is 71.8 Å². The number of hydrogen-bond acceptors (Lipinski definition) is 5. The van der Waals surface area contributed by atoms with Gasteiger partial charge in [0.2, 0.25) is 0 Å². The summed E-state index contributed by atoms with van der Waals surface area (Å²) in [5, 5.41) is 2.73. The molecular weight excluding hydrogens is 344 g/mol. The molecule has 1 N–H and O–H groups in total. The molecule has 0 atom stereocenters. The first-order valence-electron chi connectivity index (χ1n) is 8.31. The Morgan fingerprint density at radius 2 is 1.93 bits per heavy atom. The highest BCUT2D eigenvalue weighted by Gasteiger charge is 2.26. The van der Waals surface area contributed by atoms with Crippen LogP contribution in [-0.2, 0) is 0 Å². The largest absolute Gasteiger partial charge is 0.454 e. The highest BCUT2D eigenvalue weighted by Crippen LogP contribution is 2.39. The van der Waals surface area contributed by atoms with Gasteiger partial charge in [0.1, 0.15) is 11.4 Å². The molecule has 7 nitrogen and oxygen atoms in total. The highest BCUT2D eigenvalue weighted by atomic mass is 16.5. The van der Waals surface area contributed by atoms with E-state index < -0.39 is 5.91 Å². The van der Waals surface area contributed by atoms with Gasteiger partial charge in [-0.1, -0.05) is 6.07 Å². The second-order valence-corrected chi connectivity index (χ2v) is 6.19. The topological polar surface area (TPSA) is 84.4 Å². The lowest BCUT2D eigenvalue weighted by Crippen LogP contribution is -2.25. The fourth-order valence-electron chi connectivity index (χ4n) is 2.86. The van der Waals surface area contributed by atoms with Gasteiger partial charge in [-0.2, -0.15) is 0 Å². The number of ether oxygens (including phenoxy) is 1. The smallest absolute Gasteiger partial charge is 0.275 e. The first-order chi connectivity index (χ1) is 13.0. The molecule has 0 bridgehead atoms. The minimum atomic E-state index is -0.405. The van der Waals surface area contributed by atoms with E-state index in [4.69, 9.17) is 4.74 Å². The molecule has 0 radical (unpaired) electrons. The summed E-state index contributed by atoms with van der Waals surface area (Å²) in [6.07, 6.45) is 4.31. The van der Waals surface area contributed by atoms with Crippen LogP contribution >= 0.6 is 0 Å². The van der Waals surface area contributed by atoms with Crippen LogP contribution in [0.1, 0.15) is 26.4 Å². The summed E-state index contributed by atoms with van der Waals surface area (Å²) in [7, 11) is 1.70. The maximum Gasteiger partial charge on any atom is 0.275 e. The molecule has 0 saturated carbocycles. The van der Waals surface area contributed by atoms with E-state index in [0.717, 1.165) is 5.56 Å². The Bertz CT molecular complexity index is 1050. The van der Waals surface area contributed by atoms with E-state index in [-0.39, 0.29) is 11.6 Å². The number of hydrogen-bond donors (Lipinski definition) is 1. The van der Waals surface area contributed by atoms with Crippen molar-refractivity contribution >= 4 is 23.2 Å². The molecule has 1 aliphatic heterocycles. The molecule has 0 fully saturated rings. The summed E-state index contributed by atoms with van der Waals surface area (Å²) >= 11 is 0. The quantitative estimate of drug-likeness (QED) is 0.757. The van der Waals surface area contributed by atoms with Crippen molar-refractivity contribution in [2.45, 2.75) is 6.92 Å². The molecule has 1 aromatic heterocycles. The van der Waals surface area contributed by atoms with E-state index >= 15 is 0 Å². The first-order valence-corrected chi connectivity index (χ1v) is 8.31. The van der Waals surface area contributed by atoms with Gasteiger partial charge in [-0.15, -0.1) is 0 Å². The van der Waals surface area contributed by atoms with Crippen LogP contribution < -0.4 is 15.0 Å². The van der Waals surface area contributed by atoms with E-state index in [1.54, 1.807) is 30.1 Å². The molecule has 3 aromatic rings. The Kier molecular flexibility index (Phi) is 4.04. The number of aromatic nitrogens is 2. The van der Waals surface area contributed by atoms with Gasteiger partial charge in [0, 0.05) is 25.1 Å². The van der Waals surface area contributed by atoms with Gasteiger partial charge in [0.25, 0.3) is 11.8 Å². The van der Waals surface area contributed by atoms with Gasteiger partial charge in [-0.05, 0) is 42.8 Å². The van der Waals surface area contributed by atoms with Gasteiger partial charge >= 0.3 is 0 Å². The second-order valence-electron chi connectivity index (χ2n) is 6.19. The molecule has 0 aliphatic carbocycles. The first kappa shape index (κ1) is 16.7. The van der Waals surface area contributed by atoms with E-state index in [9.17, 15) is 9.59 Å². The summed E-state index contributed by atoms with van der Waals surface area (Å²) in [4.78, 5) is 34.6. The summed E-state index contributed by atoms with van der Waals surface area (Å²) in [5.74, 6) is 0.417. The minimum absolute atomic E-state index is 0.190. The van der Waals surface area contributed by atoms with Crippen molar-refractivity contribution in [2.75, 3.05) is 17.3 Å². The molecule has 134 valence electrons. The van der Waals surface area contributed by atoms with Crippen LogP contribution in [-0.4, -0.2) is 28.8 Å². The van der Waals surface area contributed by atoms with Crippen molar-refractivity contribution in [3.8, 4) is 11.5 Å². The van der Waals surface area contributed by atoms with Crippen LogP contribution in [0.4, 0.5) is 11.4 Å². The Hall–Kier alpha value is -3.74. The molecule has 27 heavy (non-hydrogen) atoms. The molecule has 7 heteroatoms. The molecular formula is C20H16N4O3. The third-order valence-electron chi connectivity index (χ3n) is 4.26. The number of anilines is 2. The minimum Gasteiger partial charge on any atom is -0.454 e. The third kappa shape index (κ3) is 3.10. The molecule has 2 aromatic carbocycles. The van der Waals surface area contributed by atoms with Crippen molar-refractivity contribution in [2.24, 2.45) is 0 Å². The van der Waals surface area contributed by atoms with Gasteiger partial charge in [0.15, 0.2) is 5.75 Å². The SMILES string of the molecule is Cc1ccc2c(c1)N(C)C(=O)c1cc(NC(=O)c3cnccn3)ccc1O2. The Balaban J connectivity index is 1.68. The molecule has 2 amide bonds. The average Bonchev–Trinajstić information content (AvgIpc) is 2.78. The average molecular weight is 360 g/mol. The van der Waals surface area contributed by atoms with Crippen molar-refractivity contribution in [1.29, 1.82) is 0 Å². The fraction of sp³-hybridized carbons (Fsp3) is 0.100. The van der Waals surface area contributed by atoms with Crippen molar-refractivity contribution < 1.29 is 14.3 Å². The summed E-state index contributed by atoms with van der Waals surface area (Å²) in [6.45, 7) is 1.96. The predicted molar refractivity (Wildman–Crippen MR) is 100 cm³/mol. The van der Waals surface area contributed by atoms with E-state index in [1.165, 1.54) is 18.6 Å². The number of nitrogens with one attached hydrogen (secondary N) is 1. The van der Waals surface area contributed by atoms with Crippen LogP contribution in [0.2, 0.25) is 0 Å². The molecule has 0 unspecified atom stereocenters. The Labute approximate surface area is 155 Å². The van der Waals surface area contributed by atoms with Crippen LogP contribution in [0.3, 0.4) is 0 Å². The van der Waals surface area contributed by atoms with Crippen LogP contribution in [0, 0.1) is 6.92 Å². The maximum atomic E-state index is 12.9. The normalized spacial score (nSPS) is 12.5. The number of aryl methyl sites for hydroxylation is 1. The Morgan fingerprint density at radius 3 is 2.70 bits per heavy atom. The number of nitrogens with zero attached hydrogens (tertiary/aromatic N) is 3. The molecule has 0 spiro atoms. The summed E-state index contributed by atoms with van der Waals surface area (Å²) < 4.78 is 5.95. The zero-order valence-electron chi connectivity index (χ0n) is 14.8. The van der Waals surface area contributed by atoms with E-state index in [2.05, 4.69) is 15.3 Å². The lowest BCUT2D eigenvalue weighted by atomic mass is 10.1. The summed E-state index contributed by atoms with van der Waals surface area (Å²) in [6, 6.07) is 10.6. The fourth-order valence-corrected chi connectivity index (χ4v) is 2.86. The molecule has 2 heterocycles. The predicted octanol–water partition coefficient (Wildman–Crippen LogP) is 3.42. The molecule has 1 aliphatic rings. The summed E-state index contributed by atoms with van der Waals surface area (Å²) in [5.41, 5.74) is 2.75. The lowest BCUT2D eigenvalue weighted by molar-refractivity contribution is 0.0989. The van der Waals surface area contributed by atoms with Crippen LogP contribution in [0.15, 0.2) is 55.0 Å². The number of carbonyl (C=O) groups is 2. The van der Waals surface area contributed by atoms with Gasteiger partial charge < -0.3 is 15.0 Å². The third-order valence-corrected chi connectivity index (χ3v) is 4.26. The number of benzene rings is 2. The number of rotatable bonds is 2. The Morgan fingerprint density at radius 1 is 1.11 bits per heavy atom. The highest BCUT2D eigenvalue weighted by molar-refractivity contribution is 6.10.